The molecule has 3 nitrogen and oxygen atoms in total. The van der Waals surface area contributed by atoms with Crippen molar-refractivity contribution in [3.8, 4) is 0 Å². The Morgan fingerprint density at radius 2 is 2.00 bits per heavy atom. The summed E-state index contributed by atoms with van der Waals surface area (Å²) in [6.45, 7) is 4.95. The highest BCUT2D eigenvalue weighted by Gasteiger charge is 2.10. The van der Waals surface area contributed by atoms with Crippen molar-refractivity contribution in [1.82, 2.24) is 8.75 Å². The predicted molar refractivity (Wildman–Crippen MR) is 85.7 cm³/mol. The molecule has 0 aliphatic rings. The minimum absolute atomic E-state index is 0.676. The van der Waals surface area contributed by atoms with Gasteiger partial charge in [-0.05, 0) is 37.1 Å². The third-order valence-corrected chi connectivity index (χ3v) is 4.19. The van der Waals surface area contributed by atoms with Crippen molar-refractivity contribution >= 4 is 40.0 Å². The number of nitrogens with zero attached hydrogens (tertiary/aromatic N) is 2. The van der Waals surface area contributed by atoms with E-state index in [1.165, 1.54) is 28.4 Å². The summed E-state index contributed by atoms with van der Waals surface area (Å²) in [6.07, 6.45) is 0. The molecule has 0 radical (unpaired) electrons. The van der Waals surface area contributed by atoms with Gasteiger partial charge in [0.1, 0.15) is 11.0 Å². The molecule has 0 saturated carbocycles. The van der Waals surface area contributed by atoms with Crippen LogP contribution in [0.25, 0.3) is 11.0 Å². The maximum absolute atomic E-state index is 6.27. The van der Waals surface area contributed by atoms with Gasteiger partial charge in [0.15, 0.2) is 0 Å². The second-order valence-corrected chi connectivity index (χ2v) is 5.77. The Morgan fingerprint density at radius 3 is 2.80 bits per heavy atom. The monoisotopic (exact) mass is 303 g/mol. The standard InChI is InChI=1S/C15H14ClN3S/c1-9-3-4-11(10(2)7-9)8-17-14-12(16)5-6-13-15(14)19-20-18-13/h3-7,17H,8H2,1-2H3. The molecule has 0 unspecified atom stereocenters. The maximum atomic E-state index is 6.27. The zero-order valence-corrected chi connectivity index (χ0v) is 12.8. The molecule has 1 aromatic heterocycles. The Labute approximate surface area is 126 Å². The zero-order valence-electron chi connectivity index (χ0n) is 11.3. The summed E-state index contributed by atoms with van der Waals surface area (Å²) in [5.74, 6) is 0. The average molecular weight is 304 g/mol. The van der Waals surface area contributed by atoms with E-state index in [1.54, 1.807) is 0 Å². The second-order valence-electron chi connectivity index (χ2n) is 4.84. The maximum Gasteiger partial charge on any atom is 0.129 e. The summed E-state index contributed by atoms with van der Waals surface area (Å²) in [7, 11) is 0. The van der Waals surface area contributed by atoms with Gasteiger partial charge in [0.2, 0.25) is 0 Å². The number of nitrogens with one attached hydrogen (secondary N) is 1. The number of benzene rings is 2. The number of anilines is 1. The zero-order chi connectivity index (χ0) is 14.1. The normalized spacial score (nSPS) is 10.9. The van der Waals surface area contributed by atoms with E-state index in [-0.39, 0.29) is 0 Å². The minimum Gasteiger partial charge on any atom is -0.378 e. The lowest BCUT2D eigenvalue weighted by atomic mass is 10.1. The van der Waals surface area contributed by atoms with E-state index in [0.29, 0.717) is 5.02 Å². The molecule has 0 atom stereocenters. The van der Waals surface area contributed by atoms with Crippen LogP contribution in [0.3, 0.4) is 0 Å². The largest absolute Gasteiger partial charge is 0.378 e. The van der Waals surface area contributed by atoms with Crippen LogP contribution in [0, 0.1) is 13.8 Å². The fourth-order valence-electron chi connectivity index (χ4n) is 2.22. The fraction of sp³-hybridized carbons (Fsp3) is 0.200. The molecular weight excluding hydrogens is 290 g/mol. The van der Waals surface area contributed by atoms with Gasteiger partial charge in [-0.15, -0.1) is 0 Å². The summed E-state index contributed by atoms with van der Waals surface area (Å²) in [4.78, 5) is 0. The molecular formula is C15H14ClN3S. The smallest absolute Gasteiger partial charge is 0.129 e. The first kappa shape index (κ1) is 13.3. The quantitative estimate of drug-likeness (QED) is 0.770. The SMILES string of the molecule is Cc1ccc(CNc2c(Cl)ccc3nsnc23)c(C)c1. The van der Waals surface area contributed by atoms with Crippen molar-refractivity contribution in [1.29, 1.82) is 0 Å². The van der Waals surface area contributed by atoms with Crippen molar-refractivity contribution in [2.45, 2.75) is 20.4 Å². The van der Waals surface area contributed by atoms with Crippen LogP contribution in [0.1, 0.15) is 16.7 Å². The highest BCUT2D eigenvalue weighted by molar-refractivity contribution is 7.00. The van der Waals surface area contributed by atoms with E-state index in [9.17, 15) is 0 Å². The van der Waals surface area contributed by atoms with Crippen LogP contribution < -0.4 is 5.32 Å². The number of hydrogen-bond donors (Lipinski definition) is 1. The average Bonchev–Trinajstić information content (AvgIpc) is 2.88. The Balaban J connectivity index is 1.90. The highest BCUT2D eigenvalue weighted by Crippen LogP contribution is 2.30. The highest BCUT2D eigenvalue weighted by atomic mass is 35.5. The molecule has 1 heterocycles. The lowest BCUT2D eigenvalue weighted by molar-refractivity contribution is 1.12. The van der Waals surface area contributed by atoms with Crippen LogP contribution in [0.4, 0.5) is 5.69 Å². The van der Waals surface area contributed by atoms with Gasteiger partial charge in [0.25, 0.3) is 0 Å². The molecule has 0 saturated heterocycles. The van der Waals surface area contributed by atoms with E-state index in [0.717, 1.165) is 23.3 Å². The first-order valence-corrected chi connectivity index (χ1v) is 7.47. The van der Waals surface area contributed by atoms with Gasteiger partial charge in [0, 0.05) is 6.54 Å². The van der Waals surface area contributed by atoms with Crippen molar-refractivity contribution in [3.05, 3.63) is 52.0 Å². The molecule has 1 N–H and O–H groups in total. The van der Waals surface area contributed by atoms with Crippen LogP contribution in [0.2, 0.25) is 5.02 Å². The van der Waals surface area contributed by atoms with Crippen LogP contribution in [0.15, 0.2) is 30.3 Å². The van der Waals surface area contributed by atoms with Gasteiger partial charge in [-0.1, -0.05) is 35.4 Å². The summed E-state index contributed by atoms with van der Waals surface area (Å²) in [5.41, 5.74) is 6.38. The molecule has 0 aliphatic heterocycles. The molecule has 0 fully saturated rings. The van der Waals surface area contributed by atoms with Crippen LogP contribution in [0.5, 0.6) is 0 Å². The number of fused-ring (bicyclic) bond motifs is 1. The van der Waals surface area contributed by atoms with Gasteiger partial charge in [-0.3, -0.25) is 0 Å². The summed E-state index contributed by atoms with van der Waals surface area (Å²) < 4.78 is 8.55. The molecule has 3 rings (SSSR count). The van der Waals surface area contributed by atoms with Gasteiger partial charge in [0.05, 0.1) is 22.4 Å². The molecule has 0 spiro atoms. The molecule has 2 aromatic carbocycles. The molecule has 102 valence electrons. The topological polar surface area (TPSA) is 37.8 Å². The third-order valence-electron chi connectivity index (χ3n) is 3.33. The first-order chi connectivity index (χ1) is 9.65. The molecule has 20 heavy (non-hydrogen) atoms. The predicted octanol–water partition coefficient (Wildman–Crippen LogP) is 4.57. The Hall–Kier alpha value is -1.65. The number of aryl methyl sites for hydroxylation is 2. The summed E-state index contributed by atoms with van der Waals surface area (Å²) in [5, 5.41) is 4.07. The first-order valence-electron chi connectivity index (χ1n) is 6.36. The second kappa shape index (κ2) is 5.38. The Morgan fingerprint density at radius 1 is 1.15 bits per heavy atom. The Bertz CT molecular complexity index is 767. The van der Waals surface area contributed by atoms with Crippen molar-refractivity contribution < 1.29 is 0 Å². The lowest BCUT2D eigenvalue weighted by Gasteiger charge is -2.11. The van der Waals surface area contributed by atoms with Crippen molar-refractivity contribution in [2.75, 3.05) is 5.32 Å². The number of hydrogen-bond acceptors (Lipinski definition) is 4. The van der Waals surface area contributed by atoms with Gasteiger partial charge >= 0.3 is 0 Å². The number of aromatic nitrogens is 2. The minimum atomic E-state index is 0.676. The van der Waals surface area contributed by atoms with Gasteiger partial charge in [-0.2, -0.15) is 8.75 Å². The molecule has 5 heteroatoms. The lowest BCUT2D eigenvalue weighted by Crippen LogP contribution is -2.02. The fourth-order valence-corrected chi connectivity index (χ4v) is 2.98. The Kier molecular flexibility index (Phi) is 3.59. The number of halogens is 1. The van der Waals surface area contributed by atoms with E-state index in [4.69, 9.17) is 11.6 Å². The van der Waals surface area contributed by atoms with Gasteiger partial charge < -0.3 is 5.32 Å². The number of rotatable bonds is 3. The molecule has 0 aliphatic carbocycles. The van der Waals surface area contributed by atoms with E-state index < -0.39 is 0 Å². The van der Waals surface area contributed by atoms with E-state index in [1.807, 2.05) is 12.1 Å². The van der Waals surface area contributed by atoms with Crippen molar-refractivity contribution in [2.24, 2.45) is 0 Å². The molecule has 0 bridgehead atoms. The molecule has 0 amide bonds. The van der Waals surface area contributed by atoms with Crippen LogP contribution in [-0.4, -0.2) is 8.75 Å². The molecule has 3 aromatic rings. The van der Waals surface area contributed by atoms with Gasteiger partial charge in [-0.25, -0.2) is 0 Å². The van der Waals surface area contributed by atoms with E-state index >= 15 is 0 Å². The third kappa shape index (κ3) is 2.49. The van der Waals surface area contributed by atoms with Crippen LogP contribution >= 0.6 is 23.3 Å². The summed E-state index contributed by atoms with van der Waals surface area (Å²) >= 11 is 7.47. The van der Waals surface area contributed by atoms with Crippen molar-refractivity contribution in [3.63, 3.8) is 0 Å². The van der Waals surface area contributed by atoms with Crippen LogP contribution in [-0.2, 0) is 6.54 Å². The van der Waals surface area contributed by atoms with E-state index in [2.05, 4.69) is 46.1 Å². The summed E-state index contributed by atoms with van der Waals surface area (Å²) in [6, 6.07) is 10.2.